The molecular weight excluding hydrogens is 468 g/mol. The third kappa shape index (κ3) is 3.27. The average Bonchev–Trinajstić information content (AvgIpc) is 3.61. The molecule has 3 aliphatic rings. The predicted molar refractivity (Wildman–Crippen MR) is 157 cm³/mol. The third-order valence-corrected chi connectivity index (χ3v) is 9.36. The van der Waals surface area contributed by atoms with Gasteiger partial charge in [-0.15, -0.1) is 0 Å². The Kier molecular flexibility index (Phi) is 5.60. The quantitative estimate of drug-likeness (QED) is 0.372. The summed E-state index contributed by atoms with van der Waals surface area (Å²) in [6.45, 7) is 19.3. The Morgan fingerprint density at radius 1 is 0.895 bits per heavy atom. The molecule has 5 heteroatoms. The molecule has 196 valence electrons. The fourth-order valence-corrected chi connectivity index (χ4v) is 7.04. The minimum atomic E-state index is -0.169. The van der Waals surface area contributed by atoms with Gasteiger partial charge in [0, 0.05) is 73.6 Å². The lowest BCUT2D eigenvalue weighted by atomic mass is 9.86. The average molecular weight is 507 g/mol. The molecule has 0 radical (unpaired) electrons. The van der Waals surface area contributed by atoms with Crippen molar-refractivity contribution in [3.05, 3.63) is 84.8 Å². The van der Waals surface area contributed by atoms with Crippen molar-refractivity contribution in [2.75, 3.05) is 0 Å². The molecule has 0 amide bonds. The summed E-state index contributed by atoms with van der Waals surface area (Å²) in [6.07, 6.45) is 10.5. The molecule has 1 aliphatic carbocycles. The van der Waals surface area contributed by atoms with E-state index >= 15 is 0 Å². The smallest absolute Gasteiger partial charge is 0.172 e. The fraction of sp³-hybridized carbons (Fsp3) is 0.364. The second-order valence-corrected chi connectivity index (χ2v) is 11.2. The van der Waals surface area contributed by atoms with Crippen LogP contribution in [0.15, 0.2) is 18.0 Å². The zero-order valence-electron chi connectivity index (χ0n) is 23.6. The number of hydrogen-bond acceptors (Lipinski definition) is 2. The van der Waals surface area contributed by atoms with Crippen LogP contribution in [0.5, 0.6) is 0 Å². The van der Waals surface area contributed by atoms with E-state index in [1.54, 1.807) is 0 Å². The number of fused-ring (bicyclic) bond motifs is 7. The number of aromatic amines is 3. The van der Waals surface area contributed by atoms with E-state index in [2.05, 4.69) is 93.5 Å². The van der Waals surface area contributed by atoms with Crippen molar-refractivity contribution in [2.45, 2.75) is 61.3 Å². The molecule has 5 nitrogen and oxygen atoms in total. The summed E-state index contributed by atoms with van der Waals surface area (Å²) in [5, 5.41) is 5.99. The maximum atomic E-state index is 13.6. The fourth-order valence-electron chi connectivity index (χ4n) is 7.04. The van der Waals surface area contributed by atoms with E-state index in [9.17, 15) is 4.79 Å². The van der Waals surface area contributed by atoms with Gasteiger partial charge in [-0.1, -0.05) is 40.3 Å². The molecule has 0 saturated carbocycles. The van der Waals surface area contributed by atoms with Gasteiger partial charge in [-0.05, 0) is 74.1 Å². The van der Waals surface area contributed by atoms with E-state index in [4.69, 9.17) is 0 Å². The normalized spacial score (nSPS) is 26.9. The van der Waals surface area contributed by atoms with E-state index in [1.165, 1.54) is 28.1 Å². The van der Waals surface area contributed by atoms with Crippen molar-refractivity contribution >= 4 is 35.7 Å². The van der Waals surface area contributed by atoms with Crippen LogP contribution in [-0.2, 0) is 6.42 Å². The minimum absolute atomic E-state index is 0.169. The summed E-state index contributed by atoms with van der Waals surface area (Å²) in [5.41, 5.74) is 14.4. The van der Waals surface area contributed by atoms with Crippen LogP contribution in [0.1, 0.15) is 95.1 Å². The second-order valence-electron chi connectivity index (χ2n) is 11.2. The number of allylic oxidation sites excluding steroid dienone is 3. The summed E-state index contributed by atoms with van der Waals surface area (Å²) in [6, 6.07) is 0. The van der Waals surface area contributed by atoms with E-state index in [1.807, 2.05) is 6.08 Å². The lowest BCUT2D eigenvalue weighted by Gasteiger charge is -2.17. The summed E-state index contributed by atoms with van der Waals surface area (Å²) in [4.78, 5) is 24.7. The first-order valence-corrected chi connectivity index (χ1v) is 14.0. The van der Waals surface area contributed by atoms with Gasteiger partial charge < -0.3 is 20.3 Å². The van der Waals surface area contributed by atoms with Crippen LogP contribution in [0.2, 0.25) is 0 Å². The largest absolute Gasteiger partial charge is 0.361 e. The van der Waals surface area contributed by atoms with Crippen molar-refractivity contribution < 1.29 is 4.79 Å². The molecule has 5 heterocycles. The Labute approximate surface area is 224 Å². The predicted octanol–water partition coefficient (Wildman–Crippen LogP) is 5.62. The van der Waals surface area contributed by atoms with Crippen molar-refractivity contribution in [3.8, 4) is 0 Å². The third-order valence-electron chi connectivity index (χ3n) is 9.36. The number of aromatic nitrogens is 3. The van der Waals surface area contributed by atoms with E-state index in [0.717, 1.165) is 68.6 Å². The summed E-state index contributed by atoms with van der Waals surface area (Å²) < 4.78 is 0. The highest BCUT2D eigenvalue weighted by Crippen LogP contribution is 2.47. The van der Waals surface area contributed by atoms with E-state index < -0.39 is 0 Å². The maximum absolute atomic E-state index is 13.6. The van der Waals surface area contributed by atoms with Gasteiger partial charge in [0.1, 0.15) is 0 Å². The van der Waals surface area contributed by atoms with Crippen molar-refractivity contribution in [3.63, 3.8) is 0 Å². The van der Waals surface area contributed by atoms with Crippen LogP contribution < -0.4 is 16.0 Å². The van der Waals surface area contributed by atoms with Crippen LogP contribution in [0.25, 0.3) is 29.9 Å². The molecule has 3 aromatic heterocycles. The zero-order chi connectivity index (χ0) is 27.0. The molecule has 3 atom stereocenters. The number of hydrogen-bond donors (Lipinski definition) is 4. The number of H-pyrrole nitrogens is 3. The molecule has 0 unspecified atom stereocenters. The van der Waals surface area contributed by atoms with Gasteiger partial charge in [0.25, 0.3) is 0 Å². The molecule has 3 aromatic rings. The van der Waals surface area contributed by atoms with Gasteiger partial charge in [-0.2, -0.15) is 0 Å². The van der Waals surface area contributed by atoms with Crippen LogP contribution in [0, 0.1) is 38.5 Å². The molecule has 4 N–H and O–H groups in total. The molecule has 6 rings (SSSR count). The Morgan fingerprint density at radius 2 is 1.61 bits per heavy atom. The van der Waals surface area contributed by atoms with Crippen molar-refractivity contribution in [2.24, 2.45) is 17.8 Å². The number of Topliss-reactive ketones (excluding diaryl/α,β-unsaturated/α-hetero) is 1. The second kappa shape index (κ2) is 8.65. The van der Waals surface area contributed by atoms with Gasteiger partial charge >= 0.3 is 0 Å². The summed E-state index contributed by atoms with van der Waals surface area (Å²) in [5.74, 6) is 0.682. The zero-order valence-corrected chi connectivity index (χ0v) is 23.6. The van der Waals surface area contributed by atoms with E-state index in [-0.39, 0.29) is 11.7 Å². The van der Waals surface area contributed by atoms with Crippen molar-refractivity contribution in [1.82, 2.24) is 20.3 Å². The number of nitrogens with one attached hydrogen (secondary N) is 4. The molecule has 8 bridgehead atoms. The number of carbonyl (C=O) groups excluding carboxylic acids is 1. The first kappa shape index (κ1) is 24.6. The number of carbonyl (C=O) groups is 1. The van der Waals surface area contributed by atoms with Gasteiger partial charge in [0.05, 0.1) is 5.69 Å². The SMILES string of the molecule is C=Cc1c2[nH]c(c1C)/C=C1\N/C(=C3\c4[nH]c(c(C)c4C(=O)[C@@H]3C)/C=c3\[nH]/c(c(C)c3CC)=C\2)[C@@H](CC)[C@@H]1C. The van der Waals surface area contributed by atoms with Gasteiger partial charge in [-0.25, -0.2) is 0 Å². The van der Waals surface area contributed by atoms with Gasteiger partial charge in [-0.3, -0.25) is 4.79 Å². The molecule has 0 spiro atoms. The lowest BCUT2D eigenvalue weighted by Crippen LogP contribution is -2.15. The van der Waals surface area contributed by atoms with Gasteiger partial charge in [0.15, 0.2) is 5.78 Å². The first-order valence-electron chi connectivity index (χ1n) is 14.0. The Hall–Kier alpha value is -3.73. The first-order chi connectivity index (χ1) is 18.2. The Morgan fingerprint density at radius 3 is 2.29 bits per heavy atom. The lowest BCUT2D eigenvalue weighted by molar-refractivity contribution is 0.0965. The van der Waals surface area contributed by atoms with Crippen LogP contribution in [0.3, 0.4) is 0 Å². The number of ketones is 1. The number of rotatable bonds is 3. The summed E-state index contributed by atoms with van der Waals surface area (Å²) in [7, 11) is 0. The Balaban J connectivity index is 1.75. The monoisotopic (exact) mass is 506 g/mol. The molecule has 1 fully saturated rings. The summed E-state index contributed by atoms with van der Waals surface area (Å²) >= 11 is 0. The van der Waals surface area contributed by atoms with Gasteiger partial charge in [0.2, 0.25) is 0 Å². The molecular formula is C33H38N4O. The topological polar surface area (TPSA) is 76.5 Å². The minimum Gasteiger partial charge on any atom is -0.361 e. The van der Waals surface area contributed by atoms with E-state index in [0.29, 0.717) is 11.8 Å². The van der Waals surface area contributed by atoms with Crippen LogP contribution in [0.4, 0.5) is 0 Å². The highest BCUT2D eigenvalue weighted by molar-refractivity contribution is 6.15. The highest BCUT2D eigenvalue weighted by Gasteiger charge is 2.42. The van der Waals surface area contributed by atoms with Crippen LogP contribution >= 0.6 is 0 Å². The molecule has 0 aromatic carbocycles. The Bertz CT molecular complexity index is 1710. The molecule has 1 saturated heterocycles. The van der Waals surface area contributed by atoms with Crippen molar-refractivity contribution in [1.29, 1.82) is 0 Å². The molecule has 2 aliphatic heterocycles. The standard InChI is InChI=1S/C33H38N4O/c1-9-20-15(4)23-12-25-17(6)22(11-3)31(36-25)29-19(8)33(38)30-18(7)26(37-32(29)30)14-28-21(10-2)16(5)24(35-28)13-27(20)34-23/h9,12-14,17,19,22,34-37H,1,10-11H2,2-8H3/b24-13-,25-12-,28-14-,31-29-/t17-,19+,22-/m0/s1. The molecule has 38 heavy (non-hydrogen) atoms. The van der Waals surface area contributed by atoms with Crippen LogP contribution in [-0.4, -0.2) is 20.7 Å². The maximum Gasteiger partial charge on any atom is 0.172 e. The highest BCUT2D eigenvalue weighted by atomic mass is 16.1.